The smallest absolute Gasteiger partial charge is 0.253 e. The van der Waals surface area contributed by atoms with E-state index in [1.807, 2.05) is 0 Å². The highest BCUT2D eigenvalue weighted by atomic mass is 35.5. The lowest BCUT2D eigenvalue weighted by Crippen LogP contribution is -2.46. The van der Waals surface area contributed by atoms with E-state index >= 15 is 0 Å². The van der Waals surface area contributed by atoms with Crippen LogP contribution in [0.4, 0.5) is 4.39 Å². The molecule has 20 heavy (non-hydrogen) atoms. The summed E-state index contributed by atoms with van der Waals surface area (Å²) in [6, 6.07) is 4.17. The maximum absolute atomic E-state index is 13.4. The fraction of sp³-hybridized carbons (Fsp3) is 0.533. The minimum Gasteiger partial charge on any atom is -0.348 e. The highest BCUT2D eigenvalue weighted by Gasteiger charge is 2.25. The molecule has 1 aromatic carbocycles. The van der Waals surface area contributed by atoms with E-state index in [0.29, 0.717) is 12.5 Å². The lowest BCUT2D eigenvalue weighted by Gasteiger charge is -2.30. The van der Waals surface area contributed by atoms with Crippen LogP contribution in [0, 0.1) is 11.7 Å². The van der Waals surface area contributed by atoms with Crippen LogP contribution in [0.15, 0.2) is 18.2 Å². The average Bonchev–Trinajstić information content (AvgIpc) is 2.48. The molecule has 1 atom stereocenters. The van der Waals surface area contributed by atoms with Crippen LogP contribution in [-0.2, 0) is 0 Å². The van der Waals surface area contributed by atoms with Gasteiger partial charge in [-0.1, -0.05) is 36.9 Å². The van der Waals surface area contributed by atoms with Gasteiger partial charge in [0.2, 0.25) is 0 Å². The van der Waals surface area contributed by atoms with Crippen LogP contribution in [0.25, 0.3) is 0 Å². The Balaban J connectivity index is 2.06. The minimum atomic E-state index is -0.582. The molecule has 0 aromatic heterocycles. The first-order valence-electron chi connectivity index (χ1n) is 7.08. The monoisotopic (exact) mass is 298 g/mol. The number of carbonyl (C=O) groups is 1. The van der Waals surface area contributed by atoms with E-state index in [1.165, 1.54) is 37.5 Å². The summed E-state index contributed by atoms with van der Waals surface area (Å²) in [5.74, 6) is -0.526. The van der Waals surface area contributed by atoms with Gasteiger partial charge in [-0.05, 0) is 30.9 Å². The molecule has 1 aliphatic rings. The number of nitrogens with two attached hydrogens (primary N) is 1. The highest BCUT2D eigenvalue weighted by Crippen LogP contribution is 2.27. The number of halogens is 2. The molecule has 1 amide bonds. The normalized spacial score (nSPS) is 17.8. The van der Waals surface area contributed by atoms with E-state index in [0.717, 1.165) is 12.8 Å². The molecule has 0 aliphatic heterocycles. The quantitative estimate of drug-likeness (QED) is 0.897. The second kappa shape index (κ2) is 7.04. The van der Waals surface area contributed by atoms with Crippen LogP contribution < -0.4 is 11.1 Å². The number of nitrogens with one attached hydrogen (secondary N) is 1. The molecule has 1 fully saturated rings. The van der Waals surface area contributed by atoms with Gasteiger partial charge in [0.05, 0.1) is 10.6 Å². The number of rotatable bonds is 4. The molecule has 1 aliphatic carbocycles. The van der Waals surface area contributed by atoms with Crippen LogP contribution in [0.1, 0.15) is 42.5 Å². The van der Waals surface area contributed by atoms with Crippen molar-refractivity contribution in [2.24, 2.45) is 11.7 Å². The lowest BCUT2D eigenvalue weighted by atomic mass is 9.84. The fourth-order valence-electron chi connectivity index (χ4n) is 2.83. The minimum absolute atomic E-state index is 0.0675. The van der Waals surface area contributed by atoms with Gasteiger partial charge >= 0.3 is 0 Å². The third-order valence-electron chi connectivity index (χ3n) is 3.99. The van der Waals surface area contributed by atoms with E-state index in [9.17, 15) is 9.18 Å². The van der Waals surface area contributed by atoms with Gasteiger partial charge in [0.15, 0.2) is 0 Å². The second-order valence-electron chi connectivity index (χ2n) is 5.32. The summed E-state index contributed by atoms with van der Waals surface area (Å²) in [5.41, 5.74) is 5.94. The Labute approximate surface area is 123 Å². The van der Waals surface area contributed by atoms with Crippen molar-refractivity contribution in [3.05, 3.63) is 34.6 Å². The fourth-order valence-corrected chi connectivity index (χ4v) is 3.04. The molecular weight excluding hydrogens is 279 g/mol. The van der Waals surface area contributed by atoms with Crippen LogP contribution >= 0.6 is 11.6 Å². The summed E-state index contributed by atoms with van der Waals surface area (Å²) in [7, 11) is 0. The van der Waals surface area contributed by atoms with Gasteiger partial charge in [0, 0.05) is 12.6 Å². The summed E-state index contributed by atoms with van der Waals surface area (Å²) in [6.45, 7) is 0.392. The highest BCUT2D eigenvalue weighted by molar-refractivity contribution is 6.34. The SMILES string of the molecule is NCC(NC(=O)c1cccc(F)c1Cl)C1CCCCC1. The van der Waals surface area contributed by atoms with Crippen molar-refractivity contribution < 1.29 is 9.18 Å². The Hall–Kier alpha value is -1.13. The molecule has 0 radical (unpaired) electrons. The summed E-state index contributed by atoms with van der Waals surface area (Å²) < 4.78 is 13.4. The first kappa shape index (κ1) is 15.3. The molecule has 1 unspecified atom stereocenters. The van der Waals surface area contributed by atoms with Crippen LogP contribution in [-0.4, -0.2) is 18.5 Å². The van der Waals surface area contributed by atoms with Gasteiger partial charge in [-0.25, -0.2) is 4.39 Å². The van der Waals surface area contributed by atoms with E-state index in [1.54, 1.807) is 0 Å². The van der Waals surface area contributed by atoms with E-state index in [4.69, 9.17) is 17.3 Å². The maximum atomic E-state index is 13.4. The molecule has 3 N–H and O–H groups in total. The van der Waals surface area contributed by atoms with Gasteiger partial charge in [0.1, 0.15) is 5.82 Å². The van der Waals surface area contributed by atoms with E-state index < -0.39 is 5.82 Å². The van der Waals surface area contributed by atoms with Crippen LogP contribution in [0.2, 0.25) is 5.02 Å². The molecule has 1 aromatic rings. The van der Waals surface area contributed by atoms with E-state index in [2.05, 4.69) is 5.32 Å². The Morgan fingerprint density at radius 1 is 1.40 bits per heavy atom. The van der Waals surface area contributed by atoms with Gasteiger partial charge in [-0.2, -0.15) is 0 Å². The molecular formula is C15H20ClFN2O. The molecule has 1 saturated carbocycles. The number of benzene rings is 1. The second-order valence-corrected chi connectivity index (χ2v) is 5.69. The molecule has 0 saturated heterocycles. The molecule has 2 rings (SSSR count). The first-order valence-corrected chi connectivity index (χ1v) is 7.46. The Morgan fingerprint density at radius 2 is 2.10 bits per heavy atom. The van der Waals surface area contributed by atoms with Gasteiger partial charge < -0.3 is 11.1 Å². The standard InChI is InChI=1S/C15H20ClFN2O/c16-14-11(7-4-8-12(14)17)15(20)19-13(9-18)10-5-2-1-3-6-10/h4,7-8,10,13H,1-3,5-6,9,18H2,(H,19,20). The Morgan fingerprint density at radius 3 is 2.75 bits per heavy atom. The van der Waals surface area contributed by atoms with Gasteiger partial charge in [-0.15, -0.1) is 0 Å². The van der Waals surface area contributed by atoms with Crippen molar-refractivity contribution in [3.63, 3.8) is 0 Å². The average molecular weight is 299 g/mol. The predicted molar refractivity (Wildman–Crippen MR) is 78.3 cm³/mol. The van der Waals surface area contributed by atoms with Crippen molar-refractivity contribution >= 4 is 17.5 Å². The third kappa shape index (κ3) is 3.49. The number of hydrogen-bond donors (Lipinski definition) is 2. The Bertz CT molecular complexity index is 475. The zero-order valence-electron chi connectivity index (χ0n) is 11.4. The van der Waals surface area contributed by atoms with Crippen molar-refractivity contribution in [2.45, 2.75) is 38.1 Å². The van der Waals surface area contributed by atoms with Crippen molar-refractivity contribution in [2.75, 3.05) is 6.54 Å². The largest absolute Gasteiger partial charge is 0.348 e. The zero-order valence-corrected chi connectivity index (χ0v) is 12.1. The molecule has 3 nitrogen and oxygen atoms in total. The van der Waals surface area contributed by atoms with Crippen LogP contribution in [0.5, 0.6) is 0 Å². The molecule has 5 heteroatoms. The van der Waals surface area contributed by atoms with Crippen molar-refractivity contribution in [1.82, 2.24) is 5.32 Å². The third-order valence-corrected chi connectivity index (χ3v) is 4.37. The molecule has 0 spiro atoms. The van der Waals surface area contributed by atoms with Crippen molar-refractivity contribution in [3.8, 4) is 0 Å². The number of hydrogen-bond acceptors (Lipinski definition) is 2. The summed E-state index contributed by atoms with van der Waals surface area (Å²) in [4.78, 5) is 12.2. The summed E-state index contributed by atoms with van der Waals surface area (Å²) in [5, 5.41) is 2.77. The van der Waals surface area contributed by atoms with E-state index in [-0.39, 0.29) is 22.5 Å². The maximum Gasteiger partial charge on any atom is 0.253 e. The number of amides is 1. The first-order chi connectivity index (χ1) is 9.63. The van der Waals surface area contributed by atoms with Crippen LogP contribution in [0.3, 0.4) is 0 Å². The molecule has 110 valence electrons. The van der Waals surface area contributed by atoms with Gasteiger partial charge in [-0.3, -0.25) is 4.79 Å². The van der Waals surface area contributed by atoms with Crippen molar-refractivity contribution in [1.29, 1.82) is 0 Å². The zero-order chi connectivity index (χ0) is 14.5. The molecule has 0 bridgehead atoms. The molecule has 0 heterocycles. The number of carbonyl (C=O) groups excluding carboxylic acids is 1. The summed E-state index contributed by atoms with van der Waals surface area (Å²) >= 11 is 5.83. The Kier molecular flexibility index (Phi) is 5.38. The lowest BCUT2D eigenvalue weighted by molar-refractivity contribution is 0.0915. The predicted octanol–water partition coefficient (Wildman–Crippen LogP) is 3.12. The topological polar surface area (TPSA) is 55.1 Å². The summed E-state index contributed by atoms with van der Waals surface area (Å²) in [6.07, 6.45) is 5.77. The van der Waals surface area contributed by atoms with Gasteiger partial charge in [0.25, 0.3) is 5.91 Å².